The zero-order valence-electron chi connectivity index (χ0n) is 7.16. The Morgan fingerprint density at radius 2 is 2.58 bits per heavy atom. The number of rotatable bonds is 4. The van der Waals surface area contributed by atoms with Gasteiger partial charge in [0.15, 0.2) is 6.10 Å². The van der Waals surface area contributed by atoms with Crippen LogP contribution in [0.2, 0.25) is 0 Å². The lowest BCUT2D eigenvalue weighted by Gasteiger charge is -2.17. The minimum atomic E-state index is -0.882. The molecule has 1 heterocycles. The Hall–Kier alpha value is -0.610. The maximum atomic E-state index is 10.7. The van der Waals surface area contributed by atoms with E-state index in [1.807, 2.05) is 0 Å². The van der Waals surface area contributed by atoms with Crippen LogP contribution in [0.4, 0.5) is 0 Å². The number of hydrogen-bond donors (Lipinski definition) is 1. The van der Waals surface area contributed by atoms with Crippen LogP contribution < -0.4 is 0 Å². The van der Waals surface area contributed by atoms with Gasteiger partial charge in [0.05, 0.1) is 6.61 Å². The van der Waals surface area contributed by atoms with Crippen LogP contribution in [0.25, 0.3) is 0 Å². The summed E-state index contributed by atoms with van der Waals surface area (Å²) in [5.74, 6) is -0.852. The summed E-state index contributed by atoms with van der Waals surface area (Å²) in [6.45, 7) is 3.40. The summed E-state index contributed by atoms with van der Waals surface area (Å²) in [7, 11) is 0. The molecule has 0 unspecified atom stereocenters. The molecule has 12 heavy (non-hydrogen) atoms. The molecule has 0 aromatic carbocycles. The Labute approximate surface area is 71.5 Å². The predicted molar refractivity (Wildman–Crippen MR) is 42.0 cm³/mol. The first-order valence-corrected chi connectivity index (χ1v) is 4.18. The maximum Gasteiger partial charge on any atom is 0.333 e. The number of ether oxygens (including phenoxy) is 2. The summed E-state index contributed by atoms with van der Waals surface area (Å²) in [6.07, 6.45) is 0.106. The first-order chi connectivity index (χ1) is 5.75. The molecule has 1 saturated heterocycles. The van der Waals surface area contributed by atoms with Gasteiger partial charge in [-0.25, -0.2) is 4.79 Å². The Morgan fingerprint density at radius 1 is 1.83 bits per heavy atom. The van der Waals surface area contributed by atoms with Crippen molar-refractivity contribution in [1.29, 1.82) is 0 Å². The fourth-order valence-electron chi connectivity index (χ4n) is 1.38. The van der Waals surface area contributed by atoms with Gasteiger partial charge >= 0.3 is 5.97 Å². The highest BCUT2D eigenvalue weighted by molar-refractivity contribution is 5.72. The molecule has 1 N–H and O–H groups in total. The van der Waals surface area contributed by atoms with Gasteiger partial charge in [-0.15, -0.1) is 0 Å². The number of carboxylic acids is 1. The first kappa shape index (κ1) is 9.48. The van der Waals surface area contributed by atoms with Gasteiger partial charge in [0.2, 0.25) is 0 Å². The summed E-state index contributed by atoms with van der Waals surface area (Å²) in [5, 5.41) is 8.78. The van der Waals surface area contributed by atoms with E-state index in [2.05, 4.69) is 0 Å². The molecule has 0 spiro atoms. The Kier molecular flexibility index (Phi) is 3.49. The van der Waals surface area contributed by atoms with Gasteiger partial charge in [0.1, 0.15) is 0 Å². The summed E-state index contributed by atoms with van der Waals surface area (Å²) in [6, 6.07) is 0. The quantitative estimate of drug-likeness (QED) is 0.674. The van der Waals surface area contributed by atoms with Crippen LogP contribution in [-0.4, -0.2) is 37.0 Å². The lowest BCUT2D eigenvalue weighted by atomic mass is 10.0. The lowest BCUT2D eigenvalue weighted by Crippen LogP contribution is -2.32. The van der Waals surface area contributed by atoms with E-state index in [0.717, 1.165) is 6.42 Å². The molecule has 0 aromatic heterocycles. The molecule has 1 aliphatic heterocycles. The monoisotopic (exact) mass is 174 g/mol. The SMILES string of the molecule is CCO[C@H](C(=O)O)[C@H]1CCOC1. The maximum absolute atomic E-state index is 10.7. The van der Waals surface area contributed by atoms with E-state index in [1.54, 1.807) is 6.92 Å². The van der Waals surface area contributed by atoms with Crippen LogP contribution in [0.1, 0.15) is 13.3 Å². The topological polar surface area (TPSA) is 55.8 Å². The molecule has 0 radical (unpaired) electrons. The minimum Gasteiger partial charge on any atom is -0.479 e. The Morgan fingerprint density at radius 3 is 3.00 bits per heavy atom. The van der Waals surface area contributed by atoms with E-state index < -0.39 is 12.1 Å². The molecule has 0 saturated carbocycles. The van der Waals surface area contributed by atoms with Crippen molar-refractivity contribution in [3.05, 3.63) is 0 Å². The van der Waals surface area contributed by atoms with Gasteiger partial charge in [-0.1, -0.05) is 0 Å². The van der Waals surface area contributed by atoms with Crippen LogP contribution in [0, 0.1) is 5.92 Å². The molecule has 0 amide bonds. The van der Waals surface area contributed by atoms with Crippen LogP contribution in [-0.2, 0) is 14.3 Å². The van der Waals surface area contributed by atoms with E-state index >= 15 is 0 Å². The van der Waals surface area contributed by atoms with Crippen molar-refractivity contribution < 1.29 is 19.4 Å². The summed E-state index contributed by atoms with van der Waals surface area (Å²) in [4.78, 5) is 10.7. The zero-order chi connectivity index (χ0) is 8.97. The number of carboxylic acid groups (broad SMARTS) is 1. The van der Waals surface area contributed by atoms with Crippen molar-refractivity contribution in [2.24, 2.45) is 5.92 Å². The van der Waals surface area contributed by atoms with Crippen LogP contribution >= 0.6 is 0 Å². The van der Waals surface area contributed by atoms with Crippen LogP contribution in [0.15, 0.2) is 0 Å². The second-order valence-electron chi connectivity index (χ2n) is 2.84. The van der Waals surface area contributed by atoms with Crippen molar-refractivity contribution in [2.45, 2.75) is 19.4 Å². The molecule has 1 aliphatic rings. The predicted octanol–water partition coefficient (Wildman–Crippen LogP) is 0.513. The van der Waals surface area contributed by atoms with E-state index in [-0.39, 0.29) is 5.92 Å². The largest absolute Gasteiger partial charge is 0.479 e. The van der Waals surface area contributed by atoms with E-state index in [0.29, 0.717) is 19.8 Å². The highest BCUT2D eigenvalue weighted by atomic mass is 16.5. The Balaban J connectivity index is 2.45. The Bertz CT molecular complexity index is 151. The fourth-order valence-corrected chi connectivity index (χ4v) is 1.38. The van der Waals surface area contributed by atoms with Gasteiger partial charge in [-0.3, -0.25) is 0 Å². The summed E-state index contributed by atoms with van der Waals surface area (Å²) < 4.78 is 10.2. The van der Waals surface area contributed by atoms with Gasteiger partial charge in [0.25, 0.3) is 0 Å². The van der Waals surface area contributed by atoms with Crippen molar-refractivity contribution in [3.63, 3.8) is 0 Å². The second kappa shape index (κ2) is 4.42. The molecule has 4 heteroatoms. The lowest BCUT2D eigenvalue weighted by molar-refractivity contribution is -0.154. The van der Waals surface area contributed by atoms with Crippen molar-refractivity contribution in [3.8, 4) is 0 Å². The standard InChI is InChI=1S/C8H14O4/c1-2-12-7(8(9)10)6-3-4-11-5-6/h6-7H,2-5H2,1H3,(H,9,10)/t6-,7-/m0/s1. The average molecular weight is 174 g/mol. The highest BCUT2D eigenvalue weighted by Crippen LogP contribution is 2.19. The second-order valence-corrected chi connectivity index (χ2v) is 2.84. The molecule has 2 atom stereocenters. The van der Waals surface area contributed by atoms with Crippen molar-refractivity contribution in [1.82, 2.24) is 0 Å². The molecule has 1 rings (SSSR count). The molecule has 0 aliphatic carbocycles. The molecule has 0 aromatic rings. The molecule has 1 fully saturated rings. The summed E-state index contributed by atoms with van der Waals surface area (Å²) >= 11 is 0. The van der Waals surface area contributed by atoms with E-state index in [1.165, 1.54) is 0 Å². The van der Waals surface area contributed by atoms with Crippen molar-refractivity contribution in [2.75, 3.05) is 19.8 Å². The van der Waals surface area contributed by atoms with E-state index in [9.17, 15) is 4.79 Å². The van der Waals surface area contributed by atoms with Crippen LogP contribution in [0.3, 0.4) is 0 Å². The van der Waals surface area contributed by atoms with Crippen molar-refractivity contribution >= 4 is 5.97 Å². The average Bonchev–Trinajstić information content (AvgIpc) is 2.51. The third-order valence-corrected chi connectivity index (χ3v) is 1.98. The van der Waals surface area contributed by atoms with Gasteiger partial charge < -0.3 is 14.6 Å². The molecule has 0 bridgehead atoms. The van der Waals surface area contributed by atoms with Crippen LogP contribution in [0.5, 0.6) is 0 Å². The number of hydrogen-bond acceptors (Lipinski definition) is 3. The molecular weight excluding hydrogens is 160 g/mol. The molecule has 70 valence electrons. The van der Waals surface area contributed by atoms with E-state index in [4.69, 9.17) is 14.6 Å². The highest BCUT2D eigenvalue weighted by Gasteiger charge is 2.31. The molecular formula is C8H14O4. The normalized spacial score (nSPS) is 25.6. The van der Waals surface area contributed by atoms with Gasteiger partial charge in [0, 0.05) is 19.1 Å². The summed E-state index contributed by atoms with van der Waals surface area (Å²) in [5.41, 5.74) is 0. The smallest absolute Gasteiger partial charge is 0.333 e. The zero-order valence-corrected chi connectivity index (χ0v) is 7.16. The van der Waals surface area contributed by atoms with Gasteiger partial charge in [-0.05, 0) is 13.3 Å². The number of aliphatic carboxylic acids is 1. The third-order valence-electron chi connectivity index (χ3n) is 1.98. The number of carbonyl (C=O) groups is 1. The first-order valence-electron chi connectivity index (χ1n) is 4.18. The third kappa shape index (κ3) is 2.19. The van der Waals surface area contributed by atoms with Gasteiger partial charge in [-0.2, -0.15) is 0 Å². The molecule has 4 nitrogen and oxygen atoms in total. The fraction of sp³-hybridized carbons (Fsp3) is 0.875. The minimum absolute atomic E-state index is 0.0300.